The zero-order valence-corrected chi connectivity index (χ0v) is 8.70. The monoisotopic (exact) mass is 221 g/mol. The maximum absolute atomic E-state index is 11.3. The number of hydrogen-bond donors (Lipinski definition) is 0. The Hall–Kier alpha value is 0.690. The Labute approximate surface area is 76.1 Å². The summed E-state index contributed by atoms with van der Waals surface area (Å²) in [6.07, 6.45) is 0.174. The van der Waals surface area contributed by atoms with E-state index in [-0.39, 0.29) is 12.7 Å². The predicted octanol–water partition coefficient (Wildman–Crippen LogP) is 2.08. The Kier molecular flexibility index (Phi) is 5.69. The Morgan fingerprint density at radius 1 is 1.36 bits per heavy atom. The summed E-state index contributed by atoms with van der Waals surface area (Å²) < 4.78 is 21.4. The van der Waals surface area contributed by atoms with Crippen molar-refractivity contribution < 1.29 is 13.6 Å². The Morgan fingerprint density at radius 3 is 2.09 bits per heavy atom. The fraction of sp³-hybridized carbons (Fsp3) is 1.00. The highest BCUT2D eigenvalue weighted by Crippen LogP contribution is 2.45. The lowest BCUT2D eigenvalue weighted by molar-refractivity contribution is 0.275. The number of rotatable bonds is 5. The Balaban J connectivity index is 3.79. The molecule has 0 bridgehead atoms. The fourth-order valence-electron chi connectivity index (χ4n) is 0.455. The normalized spacial score (nSPS) is 12.5. The highest BCUT2D eigenvalue weighted by atomic mass is 35.5. The van der Waals surface area contributed by atoms with Gasteiger partial charge in [0.1, 0.15) is 0 Å². The summed E-state index contributed by atoms with van der Waals surface area (Å²) >= 11 is 10.5. The molecule has 0 spiro atoms. The third-order valence-corrected chi connectivity index (χ3v) is 3.30. The average Bonchev–Trinajstić information content (AvgIpc) is 2.00. The topological polar surface area (TPSA) is 38.8 Å². The van der Waals surface area contributed by atoms with Crippen molar-refractivity contribution in [3.63, 3.8) is 0 Å². The molecule has 0 rings (SSSR count). The Morgan fingerprint density at radius 2 is 1.82 bits per heavy atom. The van der Waals surface area contributed by atoms with Crippen LogP contribution >= 0.6 is 31.1 Å². The second-order valence-corrected chi connectivity index (χ2v) is 5.11. The van der Waals surface area contributed by atoms with Crippen molar-refractivity contribution in [1.29, 1.82) is 0 Å². The minimum atomic E-state index is -2.95. The van der Waals surface area contributed by atoms with Gasteiger partial charge in [-0.05, 0) is 23.6 Å². The summed E-state index contributed by atoms with van der Waals surface area (Å²) in [7, 11) is -0.312. The van der Waals surface area contributed by atoms with E-state index in [1.165, 1.54) is 14.2 Å². The molecule has 0 amide bonds. The first kappa shape index (κ1) is 11.7. The molecule has 0 fully saturated rings. The van der Waals surface area contributed by atoms with Crippen LogP contribution in [-0.2, 0) is 13.6 Å². The van der Waals surface area contributed by atoms with Crippen LogP contribution in [0.2, 0.25) is 0 Å². The quantitative estimate of drug-likeness (QED) is 0.527. The van der Waals surface area contributed by atoms with Crippen LogP contribution in [0.15, 0.2) is 0 Å². The summed E-state index contributed by atoms with van der Waals surface area (Å²) in [6, 6.07) is 0. The molecule has 0 aromatic carbocycles. The van der Waals surface area contributed by atoms with Crippen molar-refractivity contribution in [2.75, 3.05) is 26.9 Å². The minimum Gasteiger partial charge on any atom is -0.312 e. The molecule has 0 aliphatic heterocycles. The molecule has 7 heteroatoms. The van der Waals surface area contributed by atoms with Crippen molar-refractivity contribution >= 4 is 31.1 Å². The van der Waals surface area contributed by atoms with Crippen molar-refractivity contribution in [1.82, 2.24) is 3.94 Å². The number of nitrogens with zero attached hydrogens (tertiary/aromatic N) is 1. The maximum atomic E-state index is 11.3. The third kappa shape index (κ3) is 5.01. The highest BCUT2D eigenvalue weighted by Gasteiger charge is 2.21. The van der Waals surface area contributed by atoms with Gasteiger partial charge in [0.05, 0.1) is 6.16 Å². The van der Waals surface area contributed by atoms with E-state index in [2.05, 4.69) is 9.05 Å². The van der Waals surface area contributed by atoms with Gasteiger partial charge < -0.3 is 9.05 Å². The molecule has 0 aromatic heterocycles. The zero-order valence-electron chi connectivity index (χ0n) is 6.29. The first-order valence-corrected chi connectivity index (χ1v) is 5.24. The number of halogens is 2. The lowest BCUT2D eigenvalue weighted by Gasteiger charge is -2.13. The van der Waals surface area contributed by atoms with Crippen LogP contribution in [0, 0.1) is 0 Å². The van der Waals surface area contributed by atoms with Gasteiger partial charge in [-0.1, -0.05) is 0 Å². The molecule has 0 aliphatic carbocycles. The third-order valence-electron chi connectivity index (χ3n) is 1.10. The maximum Gasteiger partial charge on any atom is 0.331 e. The average molecular weight is 222 g/mol. The van der Waals surface area contributed by atoms with Gasteiger partial charge in [-0.15, -0.1) is 3.94 Å². The van der Waals surface area contributed by atoms with Gasteiger partial charge >= 0.3 is 7.60 Å². The largest absolute Gasteiger partial charge is 0.331 e. The summed E-state index contributed by atoms with van der Waals surface area (Å²) in [4.78, 5) is 0. The molecular formula is C4H10Cl2NO3P. The Bertz CT molecular complexity index is 146. The molecule has 0 saturated carbocycles. The molecule has 0 N–H and O–H groups in total. The number of hydrogen-bond acceptors (Lipinski definition) is 4. The van der Waals surface area contributed by atoms with Crippen LogP contribution in [0.5, 0.6) is 0 Å². The van der Waals surface area contributed by atoms with Crippen LogP contribution in [0.3, 0.4) is 0 Å². The second kappa shape index (κ2) is 5.36. The molecule has 11 heavy (non-hydrogen) atoms. The van der Waals surface area contributed by atoms with E-state index in [9.17, 15) is 4.57 Å². The molecule has 68 valence electrons. The van der Waals surface area contributed by atoms with Crippen LogP contribution in [-0.4, -0.2) is 30.9 Å². The van der Waals surface area contributed by atoms with E-state index >= 15 is 0 Å². The summed E-state index contributed by atoms with van der Waals surface area (Å²) in [5, 5.41) is 0. The van der Waals surface area contributed by atoms with Crippen molar-refractivity contribution in [3.8, 4) is 0 Å². The van der Waals surface area contributed by atoms with Crippen molar-refractivity contribution in [3.05, 3.63) is 0 Å². The highest BCUT2D eigenvalue weighted by molar-refractivity contribution is 7.53. The van der Waals surface area contributed by atoms with Gasteiger partial charge in [-0.3, -0.25) is 4.57 Å². The van der Waals surface area contributed by atoms with E-state index in [1.807, 2.05) is 0 Å². The standard InChI is InChI=1S/C4H10Cl2NO3P/c1-9-11(8,10-2)4-3-7(5)6/h3-4H2,1-2H3. The smallest absolute Gasteiger partial charge is 0.312 e. The molecule has 4 nitrogen and oxygen atoms in total. The van der Waals surface area contributed by atoms with Gasteiger partial charge in [-0.2, -0.15) is 0 Å². The molecule has 0 saturated heterocycles. The van der Waals surface area contributed by atoms with E-state index in [0.29, 0.717) is 0 Å². The van der Waals surface area contributed by atoms with Gasteiger partial charge in [0.15, 0.2) is 0 Å². The van der Waals surface area contributed by atoms with E-state index in [4.69, 9.17) is 23.6 Å². The lowest BCUT2D eigenvalue weighted by atomic mass is 10.8. The van der Waals surface area contributed by atoms with Crippen LogP contribution in [0.1, 0.15) is 0 Å². The van der Waals surface area contributed by atoms with E-state index in [0.717, 1.165) is 3.94 Å². The SMILES string of the molecule is COP(=O)(CCN(Cl)Cl)OC. The molecule has 0 aromatic rings. The van der Waals surface area contributed by atoms with Crippen molar-refractivity contribution in [2.45, 2.75) is 0 Å². The summed E-state index contributed by atoms with van der Waals surface area (Å²) in [5.41, 5.74) is 0. The molecule has 0 aliphatic rings. The summed E-state index contributed by atoms with van der Waals surface area (Å²) in [6.45, 7) is 0.238. The second-order valence-electron chi connectivity index (χ2n) is 1.73. The van der Waals surface area contributed by atoms with Crippen LogP contribution < -0.4 is 0 Å². The summed E-state index contributed by atoms with van der Waals surface area (Å²) in [5.74, 6) is 0. The molecule has 0 radical (unpaired) electrons. The van der Waals surface area contributed by atoms with E-state index in [1.54, 1.807) is 0 Å². The first-order valence-electron chi connectivity index (χ1n) is 2.83. The molecule has 0 heterocycles. The van der Waals surface area contributed by atoms with E-state index < -0.39 is 7.60 Å². The van der Waals surface area contributed by atoms with Crippen LogP contribution in [0.25, 0.3) is 0 Å². The predicted molar refractivity (Wildman–Crippen MR) is 44.9 cm³/mol. The van der Waals surface area contributed by atoms with Gasteiger partial charge in [-0.25, -0.2) is 0 Å². The first-order chi connectivity index (χ1) is 5.04. The molecule has 0 unspecified atom stereocenters. The minimum absolute atomic E-state index is 0.174. The zero-order chi connectivity index (χ0) is 8.91. The lowest BCUT2D eigenvalue weighted by Crippen LogP contribution is -2.07. The molecule has 0 atom stereocenters. The fourth-order valence-corrected chi connectivity index (χ4v) is 1.82. The van der Waals surface area contributed by atoms with Gasteiger partial charge in [0.2, 0.25) is 0 Å². The van der Waals surface area contributed by atoms with Gasteiger partial charge in [0.25, 0.3) is 0 Å². The van der Waals surface area contributed by atoms with Crippen LogP contribution in [0.4, 0.5) is 0 Å². The van der Waals surface area contributed by atoms with Gasteiger partial charge in [0, 0.05) is 20.8 Å². The van der Waals surface area contributed by atoms with Crippen molar-refractivity contribution in [2.24, 2.45) is 0 Å². The molecular weight excluding hydrogens is 212 g/mol.